The first-order chi connectivity index (χ1) is 8.28. The fraction of sp³-hybridized carbons (Fsp3) is 0.417. The van der Waals surface area contributed by atoms with E-state index in [0.29, 0.717) is 11.3 Å². The van der Waals surface area contributed by atoms with E-state index < -0.39 is 24.5 Å². The lowest BCUT2D eigenvalue weighted by Gasteiger charge is -2.12. The van der Waals surface area contributed by atoms with Crippen LogP contribution < -0.4 is 10.5 Å². The molecule has 0 aromatic heterocycles. The molecule has 1 unspecified atom stereocenters. The molecule has 0 saturated carbocycles. The molecule has 0 spiro atoms. The second-order valence-corrected chi connectivity index (χ2v) is 4.15. The minimum absolute atomic E-state index is 0.180. The first-order valence-electron chi connectivity index (χ1n) is 5.36. The van der Waals surface area contributed by atoms with Crippen LogP contribution in [-0.2, 0) is 11.2 Å². The third kappa shape index (κ3) is 5.09. The Morgan fingerprint density at radius 1 is 1.44 bits per heavy atom. The van der Waals surface area contributed by atoms with Crippen LogP contribution in [0.3, 0.4) is 0 Å². The van der Waals surface area contributed by atoms with E-state index in [2.05, 4.69) is 0 Å². The van der Waals surface area contributed by atoms with Crippen molar-refractivity contribution in [3.8, 4) is 5.75 Å². The normalized spacial score (nSPS) is 13.1. The zero-order chi connectivity index (χ0) is 13.8. The lowest BCUT2D eigenvalue weighted by Crippen LogP contribution is -2.32. The second-order valence-electron chi connectivity index (χ2n) is 4.15. The van der Waals surface area contributed by atoms with Gasteiger partial charge in [-0.3, -0.25) is 4.79 Å². The van der Waals surface area contributed by atoms with Gasteiger partial charge in [0, 0.05) is 6.92 Å². The molecule has 0 radical (unpaired) electrons. The van der Waals surface area contributed by atoms with Gasteiger partial charge < -0.3 is 15.6 Å². The van der Waals surface area contributed by atoms with Gasteiger partial charge in [0.1, 0.15) is 11.8 Å². The summed E-state index contributed by atoms with van der Waals surface area (Å²) < 4.78 is 30.0. The monoisotopic (exact) mass is 259 g/mol. The van der Waals surface area contributed by atoms with E-state index >= 15 is 0 Å². The first-order valence-corrected chi connectivity index (χ1v) is 5.36. The Hall–Kier alpha value is -1.69. The average molecular weight is 259 g/mol. The maximum absolute atomic E-state index is 12.5. The summed E-state index contributed by atoms with van der Waals surface area (Å²) in [4.78, 5) is 10.6. The number of carbonyl (C=O) groups is 1. The number of rotatable bonds is 6. The molecule has 0 fully saturated rings. The summed E-state index contributed by atoms with van der Waals surface area (Å²) in [6.07, 6.45) is 0.180. The number of ether oxygens (including phenoxy) is 1. The fourth-order valence-corrected chi connectivity index (χ4v) is 1.27. The topological polar surface area (TPSA) is 72.5 Å². The van der Waals surface area contributed by atoms with Crippen molar-refractivity contribution in [2.75, 3.05) is 6.61 Å². The molecule has 1 aromatic carbocycles. The molecular weight excluding hydrogens is 244 g/mol. The van der Waals surface area contributed by atoms with Gasteiger partial charge in [0.05, 0.1) is 0 Å². The van der Waals surface area contributed by atoms with E-state index in [1.807, 2.05) is 0 Å². The quantitative estimate of drug-likeness (QED) is 0.815. The molecule has 1 atom stereocenters. The number of hydrogen-bond donors (Lipinski definition) is 2. The highest BCUT2D eigenvalue weighted by molar-refractivity contribution is 5.73. The lowest BCUT2D eigenvalue weighted by atomic mass is 10.1. The molecule has 0 amide bonds. The maximum atomic E-state index is 12.5. The van der Waals surface area contributed by atoms with Crippen LogP contribution >= 0.6 is 0 Å². The number of alkyl halides is 2. The Labute approximate surface area is 103 Å². The number of carboxylic acid groups (broad SMARTS) is 1. The molecular formula is C12H15F2NO3. The van der Waals surface area contributed by atoms with E-state index in [1.165, 1.54) is 12.1 Å². The highest BCUT2D eigenvalue weighted by Gasteiger charge is 2.21. The van der Waals surface area contributed by atoms with Crippen molar-refractivity contribution in [1.29, 1.82) is 0 Å². The van der Waals surface area contributed by atoms with Gasteiger partial charge in [0.25, 0.3) is 5.92 Å². The number of nitrogens with two attached hydrogens (primary N) is 1. The van der Waals surface area contributed by atoms with E-state index in [1.54, 1.807) is 12.1 Å². The summed E-state index contributed by atoms with van der Waals surface area (Å²) in [7, 11) is 0. The molecule has 4 nitrogen and oxygen atoms in total. The van der Waals surface area contributed by atoms with Crippen LogP contribution in [0.4, 0.5) is 8.78 Å². The molecule has 3 N–H and O–H groups in total. The summed E-state index contributed by atoms with van der Waals surface area (Å²) in [5.41, 5.74) is 6.08. The van der Waals surface area contributed by atoms with Crippen LogP contribution in [0, 0.1) is 0 Å². The van der Waals surface area contributed by atoms with Gasteiger partial charge in [-0.25, -0.2) is 8.78 Å². The molecule has 18 heavy (non-hydrogen) atoms. The predicted octanol–water partition coefficient (Wildman–Crippen LogP) is 1.67. The van der Waals surface area contributed by atoms with Crippen LogP contribution in [0.15, 0.2) is 24.3 Å². The molecule has 1 rings (SSSR count). The summed E-state index contributed by atoms with van der Waals surface area (Å²) in [6.45, 7) is 0.0776. The molecule has 0 bridgehead atoms. The summed E-state index contributed by atoms with van der Waals surface area (Å²) >= 11 is 0. The summed E-state index contributed by atoms with van der Waals surface area (Å²) in [6, 6.07) is 5.25. The van der Waals surface area contributed by atoms with Crippen molar-refractivity contribution in [1.82, 2.24) is 0 Å². The highest BCUT2D eigenvalue weighted by atomic mass is 19.3. The van der Waals surface area contributed by atoms with Crippen molar-refractivity contribution in [3.05, 3.63) is 29.8 Å². The molecule has 6 heteroatoms. The van der Waals surface area contributed by atoms with Gasteiger partial charge in [-0.2, -0.15) is 0 Å². The standard InChI is InChI=1S/C12H15F2NO3/c1-12(13,14)7-18-9-4-2-8(3-5-9)6-10(15)11(16)17/h2-5,10H,6-7,15H2,1H3,(H,16,17). The van der Waals surface area contributed by atoms with Gasteiger partial charge in [-0.1, -0.05) is 12.1 Å². The Kier molecular flexibility index (Phi) is 4.61. The number of benzene rings is 1. The van der Waals surface area contributed by atoms with Gasteiger partial charge >= 0.3 is 5.97 Å². The van der Waals surface area contributed by atoms with Crippen LogP contribution in [0.5, 0.6) is 5.75 Å². The average Bonchev–Trinajstić information content (AvgIpc) is 2.27. The van der Waals surface area contributed by atoms with Gasteiger partial charge in [0.2, 0.25) is 0 Å². The SMILES string of the molecule is CC(F)(F)COc1ccc(CC(N)C(=O)O)cc1. The van der Waals surface area contributed by atoms with Gasteiger partial charge in [0.15, 0.2) is 6.61 Å². The third-order valence-electron chi connectivity index (χ3n) is 2.19. The first kappa shape index (κ1) is 14.4. The minimum Gasteiger partial charge on any atom is -0.487 e. The number of halogens is 2. The van der Waals surface area contributed by atoms with Crippen LogP contribution in [0.1, 0.15) is 12.5 Å². The number of carboxylic acids is 1. The molecule has 0 aliphatic rings. The molecule has 0 aliphatic carbocycles. The molecule has 0 heterocycles. The Morgan fingerprint density at radius 3 is 2.44 bits per heavy atom. The largest absolute Gasteiger partial charge is 0.487 e. The van der Waals surface area contributed by atoms with E-state index in [-0.39, 0.29) is 6.42 Å². The predicted molar refractivity (Wildman–Crippen MR) is 61.9 cm³/mol. The van der Waals surface area contributed by atoms with Gasteiger partial charge in [-0.15, -0.1) is 0 Å². The number of hydrogen-bond acceptors (Lipinski definition) is 3. The lowest BCUT2D eigenvalue weighted by molar-refractivity contribution is -0.138. The maximum Gasteiger partial charge on any atom is 0.320 e. The van der Waals surface area contributed by atoms with E-state index in [0.717, 1.165) is 6.92 Å². The van der Waals surface area contributed by atoms with E-state index in [4.69, 9.17) is 15.6 Å². The fourth-order valence-electron chi connectivity index (χ4n) is 1.27. The smallest absolute Gasteiger partial charge is 0.320 e. The Bertz CT molecular complexity index is 401. The third-order valence-corrected chi connectivity index (χ3v) is 2.19. The van der Waals surface area contributed by atoms with Crippen molar-refractivity contribution < 1.29 is 23.4 Å². The zero-order valence-corrected chi connectivity index (χ0v) is 9.90. The second kappa shape index (κ2) is 5.77. The van der Waals surface area contributed by atoms with E-state index in [9.17, 15) is 13.6 Å². The highest BCUT2D eigenvalue weighted by Crippen LogP contribution is 2.17. The Balaban J connectivity index is 2.55. The van der Waals surface area contributed by atoms with Crippen LogP contribution in [0.2, 0.25) is 0 Å². The zero-order valence-electron chi connectivity index (χ0n) is 9.90. The summed E-state index contributed by atoms with van der Waals surface area (Å²) in [5, 5.41) is 8.64. The molecule has 100 valence electrons. The number of aliphatic carboxylic acids is 1. The minimum atomic E-state index is -2.88. The van der Waals surface area contributed by atoms with Gasteiger partial charge in [-0.05, 0) is 24.1 Å². The van der Waals surface area contributed by atoms with Crippen LogP contribution in [0.25, 0.3) is 0 Å². The van der Waals surface area contributed by atoms with Crippen molar-refractivity contribution in [3.63, 3.8) is 0 Å². The van der Waals surface area contributed by atoms with Crippen molar-refractivity contribution in [2.24, 2.45) is 5.73 Å². The molecule has 0 saturated heterocycles. The molecule has 0 aliphatic heterocycles. The summed E-state index contributed by atoms with van der Waals surface area (Å²) in [5.74, 6) is -3.66. The molecule has 1 aromatic rings. The van der Waals surface area contributed by atoms with Crippen LogP contribution in [-0.4, -0.2) is 29.6 Å². The Morgan fingerprint density at radius 2 is 2.00 bits per heavy atom. The van der Waals surface area contributed by atoms with Crippen molar-refractivity contribution >= 4 is 5.97 Å². The van der Waals surface area contributed by atoms with Crippen molar-refractivity contribution in [2.45, 2.75) is 25.3 Å².